The molecule has 0 fully saturated rings. The fourth-order valence-corrected chi connectivity index (χ4v) is 2.98. The molecule has 2 nitrogen and oxygen atoms in total. The fraction of sp³-hybridized carbons (Fsp3) is 0.727. The summed E-state index contributed by atoms with van der Waals surface area (Å²) >= 11 is 0. The lowest BCUT2D eigenvalue weighted by Crippen LogP contribution is -2.04. The summed E-state index contributed by atoms with van der Waals surface area (Å²) in [7, 11) is 0. The Morgan fingerprint density at radius 3 is 2.29 bits per heavy atom. The van der Waals surface area contributed by atoms with Gasteiger partial charge in [0.05, 0.1) is 0 Å². The summed E-state index contributed by atoms with van der Waals surface area (Å²) in [5.41, 5.74) is 2.83. The van der Waals surface area contributed by atoms with E-state index in [1.165, 1.54) is 75.5 Å². The van der Waals surface area contributed by atoms with Crippen LogP contribution >= 0.6 is 0 Å². The summed E-state index contributed by atoms with van der Waals surface area (Å²) in [6, 6.07) is 8.82. The molecule has 0 saturated heterocycles. The molecule has 0 aliphatic carbocycles. The monoisotopic (exact) mass is 333 g/mol. The maximum atomic E-state index is 5.51. The third-order valence-corrected chi connectivity index (χ3v) is 4.45. The molecule has 0 radical (unpaired) electrons. The maximum Gasteiger partial charge on any atom is 0.0466 e. The van der Waals surface area contributed by atoms with Crippen molar-refractivity contribution in [2.24, 2.45) is 0 Å². The zero-order valence-electron chi connectivity index (χ0n) is 16.1. The first kappa shape index (κ1) is 21.0. The van der Waals surface area contributed by atoms with Gasteiger partial charge in [-0.05, 0) is 43.7 Å². The predicted molar refractivity (Wildman–Crippen MR) is 107 cm³/mol. The Labute approximate surface area is 150 Å². The van der Waals surface area contributed by atoms with Crippen LogP contribution in [0.4, 0.5) is 5.69 Å². The van der Waals surface area contributed by atoms with E-state index >= 15 is 0 Å². The predicted octanol–water partition coefficient (Wildman–Crippen LogP) is 6.60. The van der Waals surface area contributed by atoms with Crippen LogP contribution in [0, 0.1) is 0 Å². The molecule has 1 aromatic carbocycles. The zero-order chi connectivity index (χ0) is 17.3. The first-order chi connectivity index (χ1) is 11.9. The highest BCUT2D eigenvalue weighted by Crippen LogP contribution is 2.18. The van der Waals surface area contributed by atoms with Gasteiger partial charge in [0, 0.05) is 25.4 Å². The number of ether oxygens (including phenoxy) is 1. The zero-order valence-corrected chi connectivity index (χ0v) is 16.1. The molecule has 1 rings (SSSR count). The molecule has 1 aromatic rings. The Morgan fingerprint density at radius 2 is 1.50 bits per heavy atom. The van der Waals surface area contributed by atoms with Gasteiger partial charge >= 0.3 is 0 Å². The molecule has 0 bridgehead atoms. The van der Waals surface area contributed by atoms with E-state index in [-0.39, 0.29) is 0 Å². The second kappa shape index (κ2) is 15.5. The second-order valence-corrected chi connectivity index (χ2v) is 6.77. The van der Waals surface area contributed by atoms with Crippen LogP contribution in [-0.2, 0) is 11.2 Å². The number of unbranched alkanes of at least 4 members (excludes halogenated alkanes) is 7. The van der Waals surface area contributed by atoms with E-state index in [0.29, 0.717) is 0 Å². The van der Waals surface area contributed by atoms with Crippen LogP contribution in [0.5, 0.6) is 0 Å². The van der Waals surface area contributed by atoms with Gasteiger partial charge in [0.25, 0.3) is 0 Å². The summed E-state index contributed by atoms with van der Waals surface area (Å²) < 4.78 is 5.51. The Bertz CT molecular complexity index is 391. The molecule has 0 spiro atoms. The number of hydrogen-bond acceptors (Lipinski definition) is 2. The number of nitrogens with one attached hydrogen (secondary N) is 1. The van der Waals surface area contributed by atoms with Crippen LogP contribution in [0.1, 0.15) is 83.6 Å². The molecular formula is C22H39NO. The summed E-state index contributed by atoms with van der Waals surface area (Å²) in [6.45, 7) is 7.40. The van der Waals surface area contributed by atoms with Crippen molar-refractivity contribution < 1.29 is 4.74 Å². The third-order valence-electron chi connectivity index (χ3n) is 4.45. The Balaban J connectivity index is 2.03. The van der Waals surface area contributed by atoms with E-state index in [1.54, 1.807) is 0 Å². The van der Waals surface area contributed by atoms with Crippen LogP contribution in [0.3, 0.4) is 0 Å². The average molecular weight is 334 g/mol. The van der Waals surface area contributed by atoms with Crippen LogP contribution in [-0.4, -0.2) is 19.8 Å². The van der Waals surface area contributed by atoms with Crippen molar-refractivity contribution in [1.82, 2.24) is 0 Å². The lowest BCUT2D eigenvalue weighted by Gasteiger charge is -2.12. The molecular weight excluding hydrogens is 294 g/mol. The summed E-state index contributed by atoms with van der Waals surface area (Å²) in [6.07, 6.45) is 14.1. The first-order valence-corrected chi connectivity index (χ1v) is 10.3. The minimum Gasteiger partial charge on any atom is -0.385 e. The smallest absolute Gasteiger partial charge is 0.0466 e. The Hall–Kier alpha value is -1.02. The summed E-state index contributed by atoms with van der Waals surface area (Å²) in [4.78, 5) is 0. The van der Waals surface area contributed by atoms with Crippen molar-refractivity contribution in [2.75, 3.05) is 25.1 Å². The van der Waals surface area contributed by atoms with E-state index in [0.717, 1.165) is 26.2 Å². The van der Waals surface area contributed by atoms with E-state index in [2.05, 4.69) is 43.4 Å². The second-order valence-electron chi connectivity index (χ2n) is 6.77. The van der Waals surface area contributed by atoms with Gasteiger partial charge in [-0.2, -0.15) is 0 Å². The lowest BCUT2D eigenvalue weighted by atomic mass is 10.0. The van der Waals surface area contributed by atoms with E-state index < -0.39 is 0 Å². The molecule has 0 heterocycles. The molecule has 0 aliphatic rings. The molecule has 0 saturated carbocycles. The van der Waals surface area contributed by atoms with Crippen molar-refractivity contribution in [3.05, 3.63) is 29.8 Å². The van der Waals surface area contributed by atoms with Gasteiger partial charge in [-0.1, -0.05) is 70.6 Å². The topological polar surface area (TPSA) is 21.3 Å². The van der Waals surface area contributed by atoms with Crippen molar-refractivity contribution >= 4 is 5.69 Å². The number of anilines is 1. The Kier molecular flexibility index (Phi) is 13.6. The minimum absolute atomic E-state index is 0.922. The number of rotatable bonds is 16. The van der Waals surface area contributed by atoms with Gasteiger partial charge in [-0.25, -0.2) is 0 Å². The van der Waals surface area contributed by atoms with Gasteiger partial charge in [0.2, 0.25) is 0 Å². The van der Waals surface area contributed by atoms with Crippen molar-refractivity contribution in [3.8, 4) is 0 Å². The quantitative estimate of drug-likeness (QED) is 0.344. The van der Waals surface area contributed by atoms with Crippen LogP contribution < -0.4 is 5.32 Å². The van der Waals surface area contributed by atoms with Gasteiger partial charge in [0.1, 0.15) is 0 Å². The first-order valence-electron chi connectivity index (χ1n) is 10.3. The molecule has 1 N–H and O–H groups in total. The summed E-state index contributed by atoms with van der Waals surface area (Å²) in [5.74, 6) is 0. The van der Waals surface area contributed by atoms with Crippen molar-refractivity contribution in [2.45, 2.75) is 84.5 Å². The SMILES string of the molecule is CCCCCc1ccccc1NCCCCCCCCOCCC. The van der Waals surface area contributed by atoms with Crippen LogP contribution in [0.2, 0.25) is 0 Å². The van der Waals surface area contributed by atoms with Crippen molar-refractivity contribution in [1.29, 1.82) is 0 Å². The van der Waals surface area contributed by atoms with Gasteiger partial charge in [-0.15, -0.1) is 0 Å². The highest BCUT2D eigenvalue weighted by Gasteiger charge is 2.01. The molecule has 0 unspecified atom stereocenters. The van der Waals surface area contributed by atoms with Crippen LogP contribution in [0.15, 0.2) is 24.3 Å². The number of para-hydroxylation sites is 1. The fourth-order valence-electron chi connectivity index (χ4n) is 2.98. The van der Waals surface area contributed by atoms with E-state index in [4.69, 9.17) is 4.74 Å². The van der Waals surface area contributed by atoms with Gasteiger partial charge in [-0.3, -0.25) is 0 Å². The molecule has 0 atom stereocenters. The largest absolute Gasteiger partial charge is 0.385 e. The molecule has 2 heteroatoms. The van der Waals surface area contributed by atoms with E-state index in [9.17, 15) is 0 Å². The van der Waals surface area contributed by atoms with Gasteiger partial charge in [0.15, 0.2) is 0 Å². The average Bonchev–Trinajstić information content (AvgIpc) is 2.61. The maximum absolute atomic E-state index is 5.51. The number of hydrogen-bond donors (Lipinski definition) is 1. The molecule has 0 aromatic heterocycles. The summed E-state index contributed by atoms with van der Waals surface area (Å²) in [5, 5.41) is 3.65. The Morgan fingerprint density at radius 1 is 0.750 bits per heavy atom. The normalized spacial score (nSPS) is 10.9. The molecule has 0 amide bonds. The van der Waals surface area contributed by atoms with Gasteiger partial charge < -0.3 is 10.1 Å². The third kappa shape index (κ3) is 10.7. The number of benzene rings is 1. The number of aryl methyl sites for hydroxylation is 1. The molecule has 0 aliphatic heterocycles. The highest BCUT2D eigenvalue weighted by atomic mass is 16.5. The highest BCUT2D eigenvalue weighted by molar-refractivity contribution is 5.51. The standard InChI is InChI=1S/C22H39NO/c1-3-5-10-15-21-16-11-12-17-22(21)23-18-13-8-6-7-9-14-20-24-19-4-2/h11-12,16-17,23H,3-10,13-15,18-20H2,1-2H3. The van der Waals surface area contributed by atoms with E-state index in [1.807, 2.05) is 0 Å². The van der Waals surface area contributed by atoms with Crippen LogP contribution in [0.25, 0.3) is 0 Å². The minimum atomic E-state index is 0.922. The molecule has 24 heavy (non-hydrogen) atoms. The lowest BCUT2D eigenvalue weighted by molar-refractivity contribution is 0.130. The van der Waals surface area contributed by atoms with Crippen molar-refractivity contribution in [3.63, 3.8) is 0 Å². The molecule has 138 valence electrons.